The average Bonchev–Trinajstić information content (AvgIpc) is 2.44. The summed E-state index contributed by atoms with van der Waals surface area (Å²) < 4.78 is 11.0. The molecule has 0 amide bonds. The van der Waals surface area contributed by atoms with E-state index in [-0.39, 0.29) is 6.04 Å². The lowest BCUT2D eigenvalue weighted by Gasteiger charge is -2.34. The fourth-order valence-electron chi connectivity index (χ4n) is 1.98. The van der Waals surface area contributed by atoms with Gasteiger partial charge in [-0.2, -0.15) is 4.98 Å². The summed E-state index contributed by atoms with van der Waals surface area (Å²) in [5, 5.41) is 0. The quantitative estimate of drug-likeness (QED) is 0.775. The van der Waals surface area contributed by atoms with Gasteiger partial charge in [-0.25, -0.2) is 4.98 Å². The van der Waals surface area contributed by atoms with Crippen LogP contribution < -0.4 is 9.64 Å². The van der Waals surface area contributed by atoms with Gasteiger partial charge in [0.1, 0.15) is 0 Å². The van der Waals surface area contributed by atoms with Gasteiger partial charge in [-0.1, -0.05) is 6.92 Å². The minimum Gasteiger partial charge on any atom is -0.478 e. The predicted octanol–water partition coefficient (Wildman–Crippen LogP) is 2.02. The normalized spacial score (nSPS) is 19.5. The van der Waals surface area contributed by atoms with Crippen molar-refractivity contribution in [3.63, 3.8) is 0 Å². The Morgan fingerprint density at radius 1 is 1.53 bits per heavy atom. The lowest BCUT2D eigenvalue weighted by atomic mass is 10.2. The van der Waals surface area contributed by atoms with E-state index in [1.165, 1.54) is 0 Å². The Labute approximate surface area is 118 Å². The Kier molecular flexibility index (Phi) is 5.22. The fourth-order valence-corrected chi connectivity index (χ4v) is 2.24. The van der Waals surface area contributed by atoms with Gasteiger partial charge in [0, 0.05) is 24.2 Å². The number of alkyl halides is 1. The highest BCUT2D eigenvalue weighted by molar-refractivity contribution is 6.18. The third-order valence-electron chi connectivity index (χ3n) is 2.94. The monoisotopic (exact) mass is 285 g/mol. The molecule has 0 N–H and O–H groups in total. The first-order valence-corrected chi connectivity index (χ1v) is 7.17. The van der Waals surface area contributed by atoms with Gasteiger partial charge >= 0.3 is 0 Å². The van der Waals surface area contributed by atoms with Crippen LogP contribution in [0, 0.1) is 6.92 Å². The first-order valence-electron chi connectivity index (χ1n) is 6.63. The van der Waals surface area contributed by atoms with E-state index in [0.717, 1.165) is 18.7 Å². The molecule has 1 aromatic heterocycles. The molecule has 0 spiro atoms. The third kappa shape index (κ3) is 3.70. The number of rotatable bonds is 5. The van der Waals surface area contributed by atoms with Crippen molar-refractivity contribution >= 4 is 17.5 Å². The second-order valence-corrected chi connectivity index (χ2v) is 4.88. The highest BCUT2D eigenvalue weighted by Crippen LogP contribution is 2.20. The molecule has 1 saturated heterocycles. The molecule has 19 heavy (non-hydrogen) atoms. The van der Waals surface area contributed by atoms with Crippen LogP contribution >= 0.6 is 11.6 Å². The van der Waals surface area contributed by atoms with Crippen LogP contribution in [-0.4, -0.2) is 48.3 Å². The van der Waals surface area contributed by atoms with Crippen LogP contribution in [0.5, 0.6) is 5.88 Å². The van der Waals surface area contributed by atoms with Crippen molar-refractivity contribution in [2.75, 3.05) is 37.1 Å². The second kappa shape index (κ2) is 6.91. The number of aromatic nitrogens is 2. The Hall–Kier alpha value is -1.07. The van der Waals surface area contributed by atoms with Gasteiger partial charge in [0.15, 0.2) is 0 Å². The van der Waals surface area contributed by atoms with Crippen LogP contribution in [0.2, 0.25) is 0 Å². The molecule has 1 fully saturated rings. The van der Waals surface area contributed by atoms with E-state index in [2.05, 4.69) is 21.8 Å². The molecule has 1 aromatic rings. The minimum absolute atomic E-state index is 0.122. The first-order chi connectivity index (χ1) is 9.24. The highest BCUT2D eigenvalue weighted by atomic mass is 35.5. The maximum atomic E-state index is 5.98. The standard InChI is InChI=1S/C13H20ClN3O2/c1-3-5-19-12-7-10(2)15-13(16-12)17-4-6-18-9-11(17)8-14/h7,11H,3-6,8-9H2,1-2H3. The van der Waals surface area contributed by atoms with Crippen molar-refractivity contribution in [3.05, 3.63) is 11.8 Å². The first kappa shape index (κ1) is 14.3. The van der Waals surface area contributed by atoms with Crippen molar-refractivity contribution in [3.8, 4) is 5.88 Å². The Bertz CT molecular complexity index is 417. The number of aryl methyl sites for hydroxylation is 1. The molecule has 1 unspecified atom stereocenters. The molecule has 0 aromatic carbocycles. The van der Waals surface area contributed by atoms with Gasteiger partial charge in [0.05, 0.1) is 25.9 Å². The molecule has 6 heteroatoms. The molecule has 2 rings (SSSR count). The summed E-state index contributed by atoms with van der Waals surface area (Å²) in [6.45, 7) is 6.73. The smallest absolute Gasteiger partial charge is 0.229 e. The molecule has 5 nitrogen and oxygen atoms in total. The van der Waals surface area contributed by atoms with E-state index in [4.69, 9.17) is 21.1 Å². The fraction of sp³-hybridized carbons (Fsp3) is 0.692. The number of hydrogen-bond acceptors (Lipinski definition) is 5. The van der Waals surface area contributed by atoms with Gasteiger partial charge in [-0.05, 0) is 13.3 Å². The molecule has 1 atom stereocenters. The average molecular weight is 286 g/mol. The Balaban J connectivity index is 2.19. The molecule has 0 radical (unpaired) electrons. The van der Waals surface area contributed by atoms with Crippen LogP contribution in [0.1, 0.15) is 19.0 Å². The van der Waals surface area contributed by atoms with Gasteiger partial charge in [0.2, 0.25) is 11.8 Å². The van der Waals surface area contributed by atoms with Crippen LogP contribution in [0.15, 0.2) is 6.07 Å². The molecule has 106 valence electrons. The van der Waals surface area contributed by atoms with Crippen molar-refractivity contribution in [2.45, 2.75) is 26.3 Å². The topological polar surface area (TPSA) is 47.5 Å². The van der Waals surface area contributed by atoms with Gasteiger partial charge in [-0.15, -0.1) is 11.6 Å². The summed E-state index contributed by atoms with van der Waals surface area (Å²) in [4.78, 5) is 11.1. The summed E-state index contributed by atoms with van der Waals surface area (Å²) in [6, 6.07) is 1.98. The summed E-state index contributed by atoms with van der Waals surface area (Å²) in [6.07, 6.45) is 0.959. The van der Waals surface area contributed by atoms with Gasteiger partial charge in [0.25, 0.3) is 0 Å². The van der Waals surface area contributed by atoms with E-state index >= 15 is 0 Å². The summed E-state index contributed by atoms with van der Waals surface area (Å²) in [5.74, 6) is 1.81. The lowest BCUT2D eigenvalue weighted by molar-refractivity contribution is 0.0988. The molecular weight excluding hydrogens is 266 g/mol. The number of morpholine rings is 1. The largest absolute Gasteiger partial charge is 0.478 e. The molecular formula is C13H20ClN3O2. The van der Waals surface area contributed by atoms with Crippen LogP contribution in [-0.2, 0) is 4.74 Å². The molecule has 0 bridgehead atoms. The summed E-state index contributed by atoms with van der Waals surface area (Å²) in [7, 11) is 0. The van der Waals surface area contributed by atoms with E-state index in [1.807, 2.05) is 13.0 Å². The number of nitrogens with zero attached hydrogens (tertiary/aromatic N) is 3. The third-order valence-corrected chi connectivity index (χ3v) is 3.29. The molecule has 2 heterocycles. The van der Waals surface area contributed by atoms with Gasteiger partial charge in [-0.3, -0.25) is 0 Å². The zero-order valence-corrected chi connectivity index (χ0v) is 12.2. The van der Waals surface area contributed by atoms with Crippen LogP contribution in [0.4, 0.5) is 5.95 Å². The molecule has 1 aliphatic rings. The van der Waals surface area contributed by atoms with E-state index in [0.29, 0.717) is 37.5 Å². The summed E-state index contributed by atoms with van der Waals surface area (Å²) >= 11 is 5.98. The maximum Gasteiger partial charge on any atom is 0.229 e. The summed E-state index contributed by atoms with van der Waals surface area (Å²) in [5.41, 5.74) is 0.899. The molecule has 1 aliphatic heterocycles. The van der Waals surface area contributed by atoms with E-state index < -0.39 is 0 Å². The Morgan fingerprint density at radius 2 is 2.37 bits per heavy atom. The van der Waals surface area contributed by atoms with Crippen molar-refractivity contribution < 1.29 is 9.47 Å². The molecule has 0 aliphatic carbocycles. The van der Waals surface area contributed by atoms with Gasteiger partial charge < -0.3 is 14.4 Å². The lowest BCUT2D eigenvalue weighted by Crippen LogP contribution is -2.47. The van der Waals surface area contributed by atoms with Crippen molar-refractivity contribution in [1.29, 1.82) is 0 Å². The molecule has 0 saturated carbocycles. The van der Waals surface area contributed by atoms with E-state index in [9.17, 15) is 0 Å². The number of ether oxygens (including phenoxy) is 2. The van der Waals surface area contributed by atoms with Crippen LogP contribution in [0.3, 0.4) is 0 Å². The second-order valence-electron chi connectivity index (χ2n) is 4.57. The SMILES string of the molecule is CCCOc1cc(C)nc(N2CCOCC2CCl)n1. The zero-order valence-electron chi connectivity index (χ0n) is 11.4. The number of hydrogen-bond donors (Lipinski definition) is 0. The highest BCUT2D eigenvalue weighted by Gasteiger charge is 2.25. The minimum atomic E-state index is 0.122. The number of halogens is 1. The van der Waals surface area contributed by atoms with Crippen molar-refractivity contribution in [1.82, 2.24) is 9.97 Å². The van der Waals surface area contributed by atoms with E-state index in [1.54, 1.807) is 0 Å². The maximum absolute atomic E-state index is 5.98. The number of anilines is 1. The predicted molar refractivity (Wildman–Crippen MR) is 75.2 cm³/mol. The Morgan fingerprint density at radius 3 is 3.11 bits per heavy atom. The van der Waals surface area contributed by atoms with Crippen LogP contribution in [0.25, 0.3) is 0 Å². The van der Waals surface area contributed by atoms with Crippen molar-refractivity contribution in [2.24, 2.45) is 0 Å². The zero-order chi connectivity index (χ0) is 13.7.